The summed E-state index contributed by atoms with van der Waals surface area (Å²) in [6, 6.07) is 1.77. The predicted molar refractivity (Wildman–Crippen MR) is 81.7 cm³/mol. The topological polar surface area (TPSA) is 105 Å². The van der Waals surface area contributed by atoms with Crippen molar-refractivity contribution in [1.82, 2.24) is 10.1 Å². The summed E-state index contributed by atoms with van der Waals surface area (Å²) in [5.74, 6) is 0.0347. The molecule has 0 spiro atoms. The third kappa shape index (κ3) is 4.66. The zero-order chi connectivity index (χ0) is 16.1. The van der Waals surface area contributed by atoms with E-state index in [1.165, 1.54) is 11.3 Å². The maximum absolute atomic E-state index is 11.7. The zero-order valence-corrected chi connectivity index (χ0v) is 13.1. The standard InChI is InChI=1S/C14H17N3O4S/c1-8(2)5-10(18)15-12-6-9(7-22-12)14-16-11(21-17-14)3-4-13(19)20/h6-8H,3-5H2,1-2H3,(H,15,18)(H,19,20). The van der Waals surface area contributed by atoms with Crippen LogP contribution in [0.2, 0.25) is 0 Å². The van der Waals surface area contributed by atoms with Crippen LogP contribution in [-0.4, -0.2) is 27.1 Å². The molecule has 0 aliphatic heterocycles. The minimum Gasteiger partial charge on any atom is -0.481 e. The number of aliphatic carboxylic acids is 1. The van der Waals surface area contributed by atoms with Crippen molar-refractivity contribution in [2.24, 2.45) is 5.92 Å². The summed E-state index contributed by atoms with van der Waals surface area (Å²) in [5.41, 5.74) is 0.732. The number of hydrogen-bond acceptors (Lipinski definition) is 6. The summed E-state index contributed by atoms with van der Waals surface area (Å²) in [6.07, 6.45) is 0.612. The molecule has 1 amide bonds. The van der Waals surface area contributed by atoms with E-state index in [0.29, 0.717) is 18.2 Å². The number of aryl methyl sites for hydroxylation is 1. The summed E-state index contributed by atoms with van der Waals surface area (Å²) in [6.45, 7) is 3.97. The third-order valence-electron chi connectivity index (χ3n) is 2.73. The molecular formula is C14H17N3O4S. The number of amides is 1. The van der Waals surface area contributed by atoms with Crippen LogP contribution in [0.4, 0.5) is 5.00 Å². The average Bonchev–Trinajstić information content (AvgIpc) is 3.03. The first-order valence-corrected chi connectivity index (χ1v) is 7.75. The molecule has 118 valence electrons. The van der Waals surface area contributed by atoms with Gasteiger partial charge in [-0.2, -0.15) is 4.98 Å². The van der Waals surface area contributed by atoms with E-state index in [0.717, 1.165) is 10.6 Å². The van der Waals surface area contributed by atoms with Gasteiger partial charge in [-0.1, -0.05) is 19.0 Å². The van der Waals surface area contributed by atoms with Crippen molar-refractivity contribution in [1.29, 1.82) is 0 Å². The van der Waals surface area contributed by atoms with Gasteiger partial charge in [-0.3, -0.25) is 9.59 Å². The maximum atomic E-state index is 11.7. The molecule has 0 radical (unpaired) electrons. The molecule has 0 aliphatic rings. The second kappa shape index (κ2) is 7.17. The fourth-order valence-corrected chi connectivity index (χ4v) is 2.56. The molecule has 0 saturated carbocycles. The van der Waals surface area contributed by atoms with Crippen LogP contribution in [-0.2, 0) is 16.0 Å². The number of carbonyl (C=O) groups is 2. The van der Waals surface area contributed by atoms with E-state index in [2.05, 4.69) is 15.5 Å². The van der Waals surface area contributed by atoms with Crippen molar-refractivity contribution in [3.05, 3.63) is 17.3 Å². The van der Waals surface area contributed by atoms with Crippen LogP contribution < -0.4 is 5.32 Å². The number of anilines is 1. The highest BCUT2D eigenvalue weighted by molar-refractivity contribution is 7.14. The van der Waals surface area contributed by atoms with Gasteiger partial charge in [0.25, 0.3) is 0 Å². The molecule has 8 heteroatoms. The first-order chi connectivity index (χ1) is 10.4. The minimum absolute atomic E-state index is 0.0290. The first-order valence-electron chi connectivity index (χ1n) is 6.87. The van der Waals surface area contributed by atoms with E-state index in [1.54, 1.807) is 6.07 Å². The Bertz CT molecular complexity index is 663. The Morgan fingerprint density at radius 1 is 1.45 bits per heavy atom. The number of carboxylic acids is 1. The van der Waals surface area contributed by atoms with Crippen LogP contribution in [0.3, 0.4) is 0 Å². The quantitative estimate of drug-likeness (QED) is 0.811. The van der Waals surface area contributed by atoms with Crippen molar-refractivity contribution in [3.63, 3.8) is 0 Å². The molecule has 0 fully saturated rings. The molecule has 0 bridgehead atoms. The lowest BCUT2D eigenvalue weighted by Crippen LogP contribution is -2.12. The lowest BCUT2D eigenvalue weighted by Gasteiger charge is -2.04. The molecule has 2 aromatic heterocycles. The Kier molecular flexibility index (Phi) is 5.26. The van der Waals surface area contributed by atoms with Gasteiger partial charge in [-0.25, -0.2) is 0 Å². The van der Waals surface area contributed by atoms with Crippen LogP contribution in [0.25, 0.3) is 11.4 Å². The molecular weight excluding hydrogens is 306 g/mol. The zero-order valence-electron chi connectivity index (χ0n) is 12.3. The fourth-order valence-electron chi connectivity index (χ4n) is 1.77. The highest BCUT2D eigenvalue weighted by atomic mass is 32.1. The average molecular weight is 323 g/mol. The van der Waals surface area contributed by atoms with Crippen molar-refractivity contribution < 1.29 is 19.2 Å². The number of nitrogens with one attached hydrogen (secondary N) is 1. The second-order valence-corrected chi connectivity index (χ2v) is 6.16. The Hall–Kier alpha value is -2.22. The molecule has 0 aliphatic carbocycles. The largest absolute Gasteiger partial charge is 0.481 e. The van der Waals surface area contributed by atoms with E-state index < -0.39 is 5.97 Å². The molecule has 2 heterocycles. The van der Waals surface area contributed by atoms with Gasteiger partial charge in [0.15, 0.2) is 0 Å². The van der Waals surface area contributed by atoms with E-state index in [-0.39, 0.29) is 24.6 Å². The number of carboxylic acid groups (broad SMARTS) is 1. The number of hydrogen-bond donors (Lipinski definition) is 2. The molecule has 0 atom stereocenters. The molecule has 2 rings (SSSR count). The number of rotatable bonds is 7. The summed E-state index contributed by atoms with van der Waals surface area (Å²) < 4.78 is 5.01. The van der Waals surface area contributed by atoms with Crippen LogP contribution in [0.5, 0.6) is 0 Å². The summed E-state index contributed by atoms with van der Waals surface area (Å²) in [5, 5.41) is 17.8. The highest BCUT2D eigenvalue weighted by Crippen LogP contribution is 2.27. The lowest BCUT2D eigenvalue weighted by molar-refractivity contribution is -0.137. The van der Waals surface area contributed by atoms with Gasteiger partial charge in [0, 0.05) is 23.8 Å². The third-order valence-corrected chi connectivity index (χ3v) is 3.58. The van der Waals surface area contributed by atoms with Gasteiger partial charge in [0.2, 0.25) is 17.6 Å². The van der Waals surface area contributed by atoms with Crippen LogP contribution in [0.15, 0.2) is 16.0 Å². The van der Waals surface area contributed by atoms with Crippen LogP contribution in [0.1, 0.15) is 32.6 Å². The van der Waals surface area contributed by atoms with E-state index in [4.69, 9.17) is 9.63 Å². The number of nitrogens with zero attached hydrogens (tertiary/aromatic N) is 2. The number of thiophene rings is 1. The smallest absolute Gasteiger partial charge is 0.303 e. The number of aromatic nitrogens is 2. The van der Waals surface area contributed by atoms with Crippen LogP contribution in [0, 0.1) is 5.92 Å². The van der Waals surface area contributed by atoms with Crippen LogP contribution >= 0.6 is 11.3 Å². The second-order valence-electron chi connectivity index (χ2n) is 5.25. The Balaban J connectivity index is 1.99. The van der Waals surface area contributed by atoms with Crippen molar-refractivity contribution >= 4 is 28.2 Å². The van der Waals surface area contributed by atoms with Gasteiger partial charge in [-0.05, 0) is 12.0 Å². The molecule has 22 heavy (non-hydrogen) atoms. The van der Waals surface area contributed by atoms with E-state index in [1.807, 2.05) is 19.2 Å². The van der Waals surface area contributed by atoms with Gasteiger partial charge in [0.1, 0.15) is 0 Å². The van der Waals surface area contributed by atoms with Crippen molar-refractivity contribution in [3.8, 4) is 11.4 Å². The Morgan fingerprint density at radius 2 is 2.23 bits per heavy atom. The molecule has 0 saturated heterocycles. The van der Waals surface area contributed by atoms with E-state index >= 15 is 0 Å². The van der Waals surface area contributed by atoms with E-state index in [9.17, 15) is 9.59 Å². The molecule has 0 unspecified atom stereocenters. The maximum Gasteiger partial charge on any atom is 0.303 e. The Labute approximate surface area is 131 Å². The normalized spacial score (nSPS) is 10.9. The lowest BCUT2D eigenvalue weighted by atomic mass is 10.1. The van der Waals surface area contributed by atoms with Gasteiger partial charge >= 0.3 is 5.97 Å². The summed E-state index contributed by atoms with van der Waals surface area (Å²) in [7, 11) is 0. The molecule has 7 nitrogen and oxygen atoms in total. The first kappa shape index (κ1) is 16.2. The van der Waals surface area contributed by atoms with Gasteiger partial charge < -0.3 is 14.9 Å². The predicted octanol–water partition coefficient (Wildman–Crippen LogP) is 2.80. The minimum atomic E-state index is -0.912. The van der Waals surface area contributed by atoms with Crippen molar-refractivity contribution in [2.75, 3.05) is 5.32 Å². The molecule has 2 N–H and O–H groups in total. The molecule has 2 aromatic rings. The molecule has 0 aromatic carbocycles. The number of carbonyl (C=O) groups excluding carboxylic acids is 1. The summed E-state index contributed by atoms with van der Waals surface area (Å²) >= 11 is 1.38. The van der Waals surface area contributed by atoms with Gasteiger partial charge in [0.05, 0.1) is 11.4 Å². The van der Waals surface area contributed by atoms with Gasteiger partial charge in [-0.15, -0.1) is 11.3 Å². The SMILES string of the molecule is CC(C)CC(=O)Nc1cc(-c2noc(CCC(=O)O)n2)cs1. The van der Waals surface area contributed by atoms with Crippen molar-refractivity contribution in [2.45, 2.75) is 33.1 Å². The monoisotopic (exact) mass is 323 g/mol. The Morgan fingerprint density at radius 3 is 2.91 bits per heavy atom. The fraction of sp³-hybridized carbons (Fsp3) is 0.429. The highest BCUT2D eigenvalue weighted by Gasteiger charge is 2.13. The summed E-state index contributed by atoms with van der Waals surface area (Å²) in [4.78, 5) is 26.4.